The summed E-state index contributed by atoms with van der Waals surface area (Å²) in [5, 5.41) is 23.1. The summed E-state index contributed by atoms with van der Waals surface area (Å²) in [7, 11) is 0. The second kappa shape index (κ2) is 5.83. The largest absolute Gasteiger partial charge is 0.396 e. The fourth-order valence-corrected chi connectivity index (χ4v) is 2.72. The van der Waals surface area contributed by atoms with Gasteiger partial charge in [-0.2, -0.15) is 0 Å². The molecule has 1 heterocycles. The summed E-state index contributed by atoms with van der Waals surface area (Å²) in [5.41, 5.74) is 0.0324. The molecule has 1 aliphatic carbocycles. The molecule has 0 bridgehead atoms. The quantitative estimate of drug-likeness (QED) is 0.618. The van der Waals surface area contributed by atoms with Gasteiger partial charge in [-0.25, -0.2) is 4.98 Å². The molecule has 7 heteroatoms. The summed E-state index contributed by atoms with van der Waals surface area (Å²) in [4.78, 5) is 14.6. The van der Waals surface area contributed by atoms with Crippen LogP contribution in [0.25, 0.3) is 0 Å². The molecule has 19 heavy (non-hydrogen) atoms. The first-order valence-electron chi connectivity index (χ1n) is 6.21. The van der Waals surface area contributed by atoms with Gasteiger partial charge in [-0.15, -0.1) is 0 Å². The molecule has 0 amide bonds. The zero-order valence-electron chi connectivity index (χ0n) is 10.4. The Morgan fingerprint density at radius 1 is 1.58 bits per heavy atom. The number of pyridine rings is 1. The van der Waals surface area contributed by atoms with Crippen LogP contribution in [0.5, 0.6) is 0 Å². The Morgan fingerprint density at radius 3 is 2.84 bits per heavy atom. The summed E-state index contributed by atoms with van der Waals surface area (Å²) < 4.78 is 0.582. The Balaban J connectivity index is 2.09. The van der Waals surface area contributed by atoms with Crippen LogP contribution in [0.4, 0.5) is 11.5 Å². The molecule has 0 atom stereocenters. The van der Waals surface area contributed by atoms with E-state index in [1.165, 1.54) is 12.3 Å². The van der Waals surface area contributed by atoms with Gasteiger partial charge in [0.25, 0.3) is 0 Å². The normalized spacial score (nSPS) is 16.7. The van der Waals surface area contributed by atoms with E-state index in [0.29, 0.717) is 11.0 Å². The minimum Gasteiger partial charge on any atom is -0.396 e. The van der Waals surface area contributed by atoms with Gasteiger partial charge in [0.05, 0.1) is 4.92 Å². The Hall–Kier alpha value is -1.21. The monoisotopic (exact) mass is 329 g/mol. The molecule has 2 rings (SSSR count). The van der Waals surface area contributed by atoms with Crippen LogP contribution in [0, 0.1) is 15.5 Å². The van der Waals surface area contributed by atoms with Crippen LogP contribution in [0.15, 0.2) is 16.7 Å². The van der Waals surface area contributed by atoms with Crippen LogP contribution >= 0.6 is 15.9 Å². The summed E-state index contributed by atoms with van der Waals surface area (Å²) >= 11 is 3.18. The number of nitro groups is 1. The van der Waals surface area contributed by atoms with E-state index in [-0.39, 0.29) is 23.5 Å². The first-order valence-corrected chi connectivity index (χ1v) is 7.00. The molecule has 1 aromatic rings. The van der Waals surface area contributed by atoms with Gasteiger partial charge in [-0.3, -0.25) is 10.1 Å². The number of nitrogens with zero attached hydrogens (tertiary/aromatic N) is 2. The lowest BCUT2D eigenvalue weighted by atomic mass is 9.67. The zero-order valence-corrected chi connectivity index (χ0v) is 12.0. The maximum atomic E-state index is 11.0. The third-order valence-corrected chi connectivity index (χ3v) is 4.15. The molecule has 1 saturated carbocycles. The van der Waals surface area contributed by atoms with Crippen LogP contribution in [0.2, 0.25) is 0 Å². The Bertz CT molecular complexity index is 477. The molecular formula is C12H16BrN3O3. The molecule has 0 saturated heterocycles. The highest BCUT2D eigenvalue weighted by Gasteiger charge is 2.36. The summed E-state index contributed by atoms with van der Waals surface area (Å²) in [5.74, 6) is 0.289. The number of hydrogen-bond donors (Lipinski definition) is 2. The Labute approximate surface area is 119 Å². The molecule has 2 N–H and O–H groups in total. The van der Waals surface area contributed by atoms with Gasteiger partial charge >= 0.3 is 5.69 Å². The average Bonchev–Trinajstić information content (AvgIpc) is 2.33. The van der Waals surface area contributed by atoms with E-state index < -0.39 is 4.92 Å². The number of hydrogen-bond acceptors (Lipinski definition) is 5. The van der Waals surface area contributed by atoms with Crippen molar-refractivity contribution in [1.82, 2.24) is 4.98 Å². The van der Waals surface area contributed by atoms with Gasteiger partial charge in [-0.05, 0) is 40.6 Å². The lowest BCUT2D eigenvalue weighted by Crippen LogP contribution is -2.37. The van der Waals surface area contributed by atoms with Gasteiger partial charge in [0.2, 0.25) is 5.82 Å². The van der Waals surface area contributed by atoms with Crippen molar-refractivity contribution in [3.05, 3.63) is 26.9 Å². The predicted octanol–water partition coefficient (Wildman–Crippen LogP) is 2.72. The van der Waals surface area contributed by atoms with Crippen molar-refractivity contribution in [2.75, 3.05) is 18.5 Å². The summed E-state index contributed by atoms with van der Waals surface area (Å²) in [6.45, 7) is 0.764. The standard InChI is InChI=1S/C12H16BrN3O3/c13-9-6-10(16(18)19)11(14-7-9)15-8-12(4-5-17)2-1-3-12/h6-7,17H,1-5,8H2,(H,14,15). The van der Waals surface area contributed by atoms with E-state index in [2.05, 4.69) is 26.2 Å². The molecule has 1 aliphatic rings. The number of halogens is 1. The molecule has 0 unspecified atom stereocenters. The van der Waals surface area contributed by atoms with E-state index >= 15 is 0 Å². The van der Waals surface area contributed by atoms with E-state index in [1.54, 1.807) is 0 Å². The van der Waals surface area contributed by atoms with Crippen LogP contribution < -0.4 is 5.32 Å². The van der Waals surface area contributed by atoms with Crippen molar-refractivity contribution in [2.45, 2.75) is 25.7 Å². The minimum absolute atomic E-state index is 0.0344. The second-order valence-corrected chi connectivity index (χ2v) is 5.87. The van der Waals surface area contributed by atoms with E-state index in [0.717, 1.165) is 25.7 Å². The number of rotatable bonds is 6. The minimum atomic E-state index is -0.445. The summed E-state index contributed by atoms with van der Waals surface area (Å²) in [6.07, 6.45) is 5.51. The smallest absolute Gasteiger partial charge is 0.312 e. The fourth-order valence-electron chi connectivity index (χ4n) is 2.40. The third-order valence-electron chi connectivity index (χ3n) is 3.72. The Kier molecular flexibility index (Phi) is 4.36. The van der Waals surface area contributed by atoms with Gasteiger partial charge < -0.3 is 10.4 Å². The number of aromatic nitrogens is 1. The van der Waals surface area contributed by atoms with E-state index in [4.69, 9.17) is 5.11 Å². The molecular weight excluding hydrogens is 314 g/mol. The lowest BCUT2D eigenvalue weighted by molar-refractivity contribution is -0.384. The Morgan fingerprint density at radius 2 is 2.32 bits per heavy atom. The number of aliphatic hydroxyl groups excluding tert-OH is 1. The molecule has 0 aliphatic heterocycles. The number of aliphatic hydroxyl groups is 1. The topological polar surface area (TPSA) is 88.3 Å². The van der Waals surface area contributed by atoms with Gasteiger partial charge in [0.15, 0.2) is 0 Å². The van der Waals surface area contributed by atoms with Gasteiger partial charge in [0.1, 0.15) is 0 Å². The maximum absolute atomic E-state index is 11.0. The SMILES string of the molecule is O=[N+]([O-])c1cc(Br)cnc1NCC1(CCO)CCC1. The van der Waals surface area contributed by atoms with Crippen molar-refractivity contribution >= 4 is 27.4 Å². The average molecular weight is 330 g/mol. The molecule has 6 nitrogen and oxygen atoms in total. The van der Waals surface area contributed by atoms with Crippen molar-refractivity contribution in [3.8, 4) is 0 Å². The third kappa shape index (κ3) is 3.22. The van der Waals surface area contributed by atoms with E-state index in [9.17, 15) is 10.1 Å². The lowest BCUT2D eigenvalue weighted by Gasteiger charge is -2.41. The highest BCUT2D eigenvalue weighted by Crippen LogP contribution is 2.44. The van der Waals surface area contributed by atoms with Crippen LogP contribution in [-0.4, -0.2) is 28.2 Å². The van der Waals surface area contributed by atoms with Gasteiger partial charge in [0, 0.05) is 29.9 Å². The predicted molar refractivity (Wildman–Crippen MR) is 75.1 cm³/mol. The van der Waals surface area contributed by atoms with Crippen molar-refractivity contribution in [3.63, 3.8) is 0 Å². The zero-order chi connectivity index (χ0) is 13.9. The highest BCUT2D eigenvalue weighted by molar-refractivity contribution is 9.10. The second-order valence-electron chi connectivity index (χ2n) is 4.96. The first-order chi connectivity index (χ1) is 9.06. The molecule has 104 valence electrons. The number of anilines is 1. The van der Waals surface area contributed by atoms with Crippen LogP contribution in [0.3, 0.4) is 0 Å². The maximum Gasteiger partial charge on any atom is 0.312 e. The van der Waals surface area contributed by atoms with Crippen molar-refractivity contribution in [1.29, 1.82) is 0 Å². The number of nitrogens with one attached hydrogen (secondary N) is 1. The van der Waals surface area contributed by atoms with Crippen molar-refractivity contribution in [2.24, 2.45) is 5.41 Å². The van der Waals surface area contributed by atoms with Crippen LogP contribution in [0.1, 0.15) is 25.7 Å². The van der Waals surface area contributed by atoms with Crippen LogP contribution in [-0.2, 0) is 0 Å². The fraction of sp³-hybridized carbons (Fsp3) is 0.583. The first kappa shape index (κ1) is 14.2. The summed E-state index contributed by atoms with van der Waals surface area (Å²) in [6, 6.07) is 1.44. The van der Waals surface area contributed by atoms with Crippen molar-refractivity contribution < 1.29 is 10.0 Å². The molecule has 1 aromatic heterocycles. The van der Waals surface area contributed by atoms with E-state index in [1.807, 2.05) is 0 Å². The van der Waals surface area contributed by atoms with Gasteiger partial charge in [-0.1, -0.05) is 6.42 Å². The molecule has 0 spiro atoms. The molecule has 0 radical (unpaired) electrons. The molecule has 0 aromatic carbocycles. The highest BCUT2D eigenvalue weighted by atomic mass is 79.9. The molecule has 1 fully saturated rings.